The van der Waals surface area contributed by atoms with Crippen molar-refractivity contribution in [3.63, 3.8) is 0 Å². The third-order valence-electron chi connectivity index (χ3n) is 5.46. The van der Waals surface area contributed by atoms with Crippen LogP contribution in [0.15, 0.2) is 70.1 Å². The number of ether oxygens (including phenoxy) is 3. The van der Waals surface area contributed by atoms with Crippen LogP contribution in [0.1, 0.15) is 23.6 Å². The summed E-state index contributed by atoms with van der Waals surface area (Å²) in [5, 5.41) is 0. The molecule has 0 aliphatic carbocycles. The van der Waals surface area contributed by atoms with Gasteiger partial charge in [-0.1, -0.05) is 29.8 Å². The molecule has 5 nitrogen and oxygen atoms in total. The molecule has 3 aromatic rings. The van der Waals surface area contributed by atoms with E-state index in [1.54, 1.807) is 0 Å². The normalized spacial score (nSPS) is 14.0. The van der Waals surface area contributed by atoms with Gasteiger partial charge in [-0.25, -0.2) is 0 Å². The van der Waals surface area contributed by atoms with E-state index in [9.17, 15) is 0 Å². The van der Waals surface area contributed by atoms with E-state index >= 15 is 0 Å². The molecule has 33 heavy (non-hydrogen) atoms. The van der Waals surface area contributed by atoms with E-state index < -0.39 is 0 Å². The van der Waals surface area contributed by atoms with Gasteiger partial charge in [0, 0.05) is 35.0 Å². The fraction of sp³-hybridized carbons (Fsp3) is 0.296. The maximum Gasteiger partial charge on any atom is 0.162 e. The zero-order chi connectivity index (χ0) is 23.0. The summed E-state index contributed by atoms with van der Waals surface area (Å²) < 4.78 is 18.3. The summed E-state index contributed by atoms with van der Waals surface area (Å²) >= 11 is 3.66. The number of hydrogen-bond acceptors (Lipinski definition) is 5. The standard InChI is InChI=1S/C27H29BrN2O3/c1-3-32-26-16-22(25(28)17-27(26)33-19-21-6-4-20(2)5-7-21)18-29-23-8-10-24(11-9-23)30-12-14-31-15-13-30/h4-11,16-18H,3,12-15,19H2,1-2H3. The number of anilines is 1. The molecule has 1 aliphatic rings. The molecule has 1 heterocycles. The molecular formula is C27H29BrN2O3. The van der Waals surface area contributed by atoms with E-state index in [0.29, 0.717) is 24.7 Å². The van der Waals surface area contributed by atoms with Gasteiger partial charge in [-0.15, -0.1) is 0 Å². The molecule has 0 radical (unpaired) electrons. The molecule has 0 amide bonds. The smallest absolute Gasteiger partial charge is 0.162 e. The van der Waals surface area contributed by atoms with Crippen LogP contribution in [0.2, 0.25) is 0 Å². The molecule has 3 aromatic carbocycles. The van der Waals surface area contributed by atoms with Crippen molar-refractivity contribution in [2.24, 2.45) is 4.99 Å². The maximum absolute atomic E-state index is 6.07. The van der Waals surface area contributed by atoms with Crippen LogP contribution in [-0.4, -0.2) is 39.1 Å². The second-order valence-electron chi connectivity index (χ2n) is 7.90. The van der Waals surface area contributed by atoms with E-state index in [4.69, 9.17) is 14.2 Å². The third kappa shape index (κ3) is 6.36. The Balaban J connectivity index is 1.47. The second-order valence-corrected chi connectivity index (χ2v) is 8.76. The van der Waals surface area contributed by atoms with Crippen molar-refractivity contribution >= 4 is 33.5 Å². The van der Waals surface area contributed by atoms with Gasteiger partial charge in [0.1, 0.15) is 6.61 Å². The van der Waals surface area contributed by atoms with E-state index in [1.165, 1.54) is 11.3 Å². The Morgan fingerprint density at radius 3 is 2.36 bits per heavy atom. The predicted molar refractivity (Wildman–Crippen MR) is 138 cm³/mol. The lowest BCUT2D eigenvalue weighted by Crippen LogP contribution is -2.36. The van der Waals surface area contributed by atoms with E-state index in [0.717, 1.165) is 47.6 Å². The molecule has 6 heteroatoms. The molecule has 1 saturated heterocycles. The van der Waals surface area contributed by atoms with E-state index in [-0.39, 0.29) is 0 Å². The number of halogens is 1. The number of nitrogens with zero attached hydrogens (tertiary/aromatic N) is 2. The SMILES string of the molecule is CCOc1cc(C=Nc2ccc(N3CCOCC3)cc2)c(Br)cc1OCc1ccc(C)cc1. The number of aliphatic imine (C=N–C) groups is 1. The van der Waals surface area contributed by atoms with Gasteiger partial charge < -0.3 is 19.1 Å². The Hall–Kier alpha value is -2.83. The van der Waals surface area contributed by atoms with Crippen molar-refractivity contribution in [2.75, 3.05) is 37.8 Å². The summed E-state index contributed by atoms with van der Waals surface area (Å²) in [5.74, 6) is 1.41. The lowest BCUT2D eigenvalue weighted by atomic mass is 10.1. The summed E-state index contributed by atoms with van der Waals surface area (Å²) in [7, 11) is 0. The van der Waals surface area contributed by atoms with Gasteiger partial charge in [0.15, 0.2) is 11.5 Å². The maximum atomic E-state index is 6.07. The van der Waals surface area contributed by atoms with E-state index in [2.05, 4.69) is 69.1 Å². The number of rotatable bonds is 8. The van der Waals surface area contributed by atoms with Crippen LogP contribution in [0.4, 0.5) is 11.4 Å². The lowest BCUT2D eigenvalue weighted by Gasteiger charge is -2.28. The van der Waals surface area contributed by atoms with Gasteiger partial charge in [-0.2, -0.15) is 0 Å². The molecule has 0 unspecified atom stereocenters. The molecular weight excluding hydrogens is 480 g/mol. The highest BCUT2D eigenvalue weighted by Crippen LogP contribution is 2.34. The van der Waals surface area contributed by atoms with Crippen LogP contribution in [0.5, 0.6) is 11.5 Å². The minimum absolute atomic E-state index is 0.482. The Labute approximate surface area is 204 Å². The van der Waals surface area contributed by atoms with Gasteiger partial charge in [-0.05, 0) is 71.7 Å². The first kappa shape index (κ1) is 23.3. The number of aryl methyl sites for hydroxylation is 1. The molecule has 0 saturated carbocycles. The molecule has 1 fully saturated rings. The molecule has 0 spiro atoms. The van der Waals surface area contributed by atoms with Crippen LogP contribution in [0.25, 0.3) is 0 Å². The van der Waals surface area contributed by atoms with E-state index in [1.807, 2.05) is 37.4 Å². The topological polar surface area (TPSA) is 43.3 Å². The van der Waals surface area contributed by atoms with Crippen molar-refractivity contribution in [2.45, 2.75) is 20.5 Å². The van der Waals surface area contributed by atoms with Gasteiger partial charge >= 0.3 is 0 Å². The largest absolute Gasteiger partial charge is 0.490 e. The van der Waals surface area contributed by atoms with Crippen molar-refractivity contribution < 1.29 is 14.2 Å². The fourth-order valence-corrected chi connectivity index (χ4v) is 4.02. The number of benzene rings is 3. The Morgan fingerprint density at radius 2 is 1.67 bits per heavy atom. The first-order chi connectivity index (χ1) is 16.1. The monoisotopic (exact) mass is 508 g/mol. The van der Waals surface area contributed by atoms with Crippen molar-refractivity contribution in [1.82, 2.24) is 0 Å². The number of hydrogen-bond donors (Lipinski definition) is 0. The molecule has 172 valence electrons. The second kappa shape index (κ2) is 11.3. The number of morpholine rings is 1. The van der Waals surface area contributed by atoms with Crippen LogP contribution < -0.4 is 14.4 Å². The average molecular weight is 509 g/mol. The van der Waals surface area contributed by atoms with Crippen molar-refractivity contribution in [1.29, 1.82) is 0 Å². The molecule has 4 rings (SSSR count). The highest BCUT2D eigenvalue weighted by Gasteiger charge is 2.12. The molecule has 0 bridgehead atoms. The first-order valence-corrected chi connectivity index (χ1v) is 12.0. The van der Waals surface area contributed by atoms with Crippen LogP contribution >= 0.6 is 15.9 Å². The fourth-order valence-electron chi connectivity index (χ4n) is 3.59. The molecule has 0 aromatic heterocycles. The van der Waals surface area contributed by atoms with Gasteiger partial charge in [0.2, 0.25) is 0 Å². The Bertz CT molecular complexity index is 1080. The highest BCUT2D eigenvalue weighted by molar-refractivity contribution is 9.10. The summed E-state index contributed by atoms with van der Waals surface area (Å²) in [5.41, 5.74) is 5.38. The lowest BCUT2D eigenvalue weighted by molar-refractivity contribution is 0.122. The van der Waals surface area contributed by atoms with Gasteiger partial charge in [0.05, 0.1) is 25.5 Å². The first-order valence-electron chi connectivity index (χ1n) is 11.2. The predicted octanol–water partition coefficient (Wildman–Crippen LogP) is 6.32. The Kier molecular flexibility index (Phi) is 8.02. The summed E-state index contributed by atoms with van der Waals surface area (Å²) in [6, 6.07) is 20.5. The van der Waals surface area contributed by atoms with Gasteiger partial charge in [-0.3, -0.25) is 4.99 Å². The zero-order valence-corrected chi connectivity index (χ0v) is 20.7. The van der Waals surface area contributed by atoms with Crippen molar-refractivity contribution in [3.8, 4) is 11.5 Å². The average Bonchev–Trinajstić information content (AvgIpc) is 2.85. The quantitative estimate of drug-likeness (QED) is 0.333. The Morgan fingerprint density at radius 1 is 0.970 bits per heavy atom. The molecule has 0 atom stereocenters. The van der Waals surface area contributed by atoms with Crippen molar-refractivity contribution in [3.05, 3.63) is 81.8 Å². The minimum atomic E-state index is 0.482. The highest BCUT2D eigenvalue weighted by atomic mass is 79.9. The summed E-state index contributed by atoms with van der Waals surface area (Å²) in [6.07, 6.45) is 1.85. The van der Waals surface area contributed by atoms with Crippen LogP contribution in [0, 0.1) is 6.92 Å². The van der Waals surface area contributed by atoms with Crippen LogP contribution in [0.3, 0.4) is 0 Å². The van der Waals surface area contributed by atoms with Gasteiger partial charge in [0.25, 0.3) is 0 Å². The third-order valence-corrected chi connectivity index (χ3v) is 6.14. The molecule has 0 N–H and O–H groups in total. The van der Waals surface area contributed by atoms with Crippen LogP contribution in [-0.2, 0) is 11.3 Å². The summed E-state index contributed by atoms with van der Waals surface area (Å²) in [6.45, 7) is 8.49. The minimum Gasteiger partial charge on any atom is -0.490 e. The zero-order valence-electron chi connectivity index (χ0n) is 19.1. The summed E-state index contributed by atoms with van der Waals surface area (Å²) in [4.78, 5) is 6.99. The molecule has 1 aliphatic heterocycles.